The molecule has 0 bridgehead atoms. The van der Waals surface area contributed by atoms with Crippen LogP contribution in [0.15, 0.2) is 29.2 Å². The summed E-state index contributed by atoms with van der Waals surface area (Å²) >= 11 is -3.74. The zero-order valence-electron chi connectivity index (χ0n) is 11.5. The fourth-order valence-electron chi connectivity index (χ4n) is 1.34. The predicted octanol–water partition coefficient (Wildman–Crippen LogP) is 3.86. The van der Waals surface area contributed by atoms with E-state index in [1.807, 2.05) is 24.3 Å². The zero-order valence-corrected chi connectivity index (χ0v) is 15.2. The molecule has 1 aromatic rings. The average Bonchev–Trinajstić information content (AvgIpc) is 2.14. The second-order valence-electron chi connectivity index (χ2n) is 6.20. The van der Waals surface area contributed by atoms with Gasteiger partial charge in [0.15, 0.2) is 0 Å². The van der Waals surface area contributed by atoms with Gasteiger partial charge in [0.2, 0.25) is 0 Å². The van der Waals surface area contributed by atoms with Gasteiger partial charge < -0.3 is 0 Å². The summed E-state index contributed by atoms with van der Waals surface area (Å²) in [6.45, 7) is 6.50. The van der Waals surface area contributed by atoms with E-state index in [1.165, 1.54) is 5.56 Å². The molecule has 1 unspecified atom stereocenters. The molecule has 1 aromatic carbocycles. The van der Waals surface area contributed by atoms with Gasteiger partial charge in [0, 0.05) is 0 Å². The van der Waals surface area contributed by atoms with Crippen LogP contribution < -0.4 is 0 Å². The molecule has 1 rings (SSSR count). The Balaban J connectivity index is 2.85. The Hall–Kier alpha value is 0.129. The van der Waals surface area contributed by atoms with Crippen LogP contribution in [0.2, 0.25) is 14.8 Å². The van der Waals surface area contributed by atoms with Crippen LogP contribution >= 0.6 is 0 Å². The third-order valence-electron chi connectivity index (χ3n) is 2.24. The molecule has 0 aliphatic heterocycles. The Morgan fingerprint density at radius 2 is 1.53 bits per heavy atom. The summed E-state index contributed by atoms with van der Waals surface area (Å²) in [5.74, 6) is 0. The summed E-state index contributed by atoms with van der Waals surface area (Å²) < 4.78 is 17.6. The van der Waals surface area contributed by atoms with E-state index in [2.05, 4.69) is 35.6 Å². The molecule has 0 saturated carbocycles. The first-order chi connectivity index (χ1) is 7.59. The van der Waals surface area contributed by atoms with Crippen LogP contribution in [-0.4, -0.2) is 23.0 Å². The second-order valence-corrected chi connectivity index (χ2v) is 20.8. The molecule has 1 atom stereocenters. The van der Waals surface area contributed by atoms with E-state index in [-0.39, 0.29) is 5.41 Å². The zero-order chi connectivity index (χ0) is 13.3. The molecule has 17 heavy (non-hydrogen) atoms. The molecule has 0 fully saturated rings. The van der Waals surface area contributed by atoms with Crippen molar-refractivity contribution in [3.8, 4) is 0 Å². The van der Waals surface area contributed by atoms with E-state index in [0.717, 1.165) is 4.90 Å². The minimum absolute atomic E-state index is 0.129. The topological polar surface area (TPSA) is 26.3 Å². The SMILES string of the molecule is CC(C)(C)c1ccc(S(=O)[O][Sn]([CH3])([CH3])[CH3])cc1. The summed E-state index contributed by atoms with van der Waals surface area (Å²) in [5, 5.41) is 0. The van der Waals surface area contributed by atoms with Crippen molar-refractivity contribution in [1.29, 1.82) is 0 Å². The number of benzene rings is 1. The molecule has 0 radical (unpaired) electrons. The van der Waals surface area contributed by atoms with Crippen LogP contribution in [0.5, 0.6) is 0 Å². The van der Waals surface area contributed by atoms with Gasteiger partial charge in [-0.1, -0.05) is 0 Å². The van der Waals surface area contributed by atoms with Gasteiger partial charge in [-0.25, -0.2) is 0 Å². The van der Waals surface area contributed by atoms with Gasteiger partial charge in [-0.3, -0.25) is 0 Å². The van der Waals surface area contributed by atoms with Crippen LogP contribution in [-0.2, 0) is 19.0 Å². The van der Waals surface area contributed by atoms with Gasteiger partial charge in [-0.05, 0) is 0 Å². The molecule has 4 heteroatoms. The summed E-state index contributed by atoms with van der Waals surface area (Å²) in [7, 11) is 0. The molecule has 0 aliphatic carbocycles. The van der Waals surface area contributed by atoms with Crippen LogP contribution in [0.3, 0.4) is 0 Å². The maximum absolute atomic E-state index is 12.0. The molecule has 0 N–H and O–H groups in total. The summed E-state index contributed by atoms with van der Waals surface area (Å²) in [4.78, 5) is 7.09. The van der Waals surface area contributed by atoms with Crippen molar-refractivity contribution in [3.63, 3.8) is 0 Å². The minimum atomic E-state index is -2.45. The molecule has 0 saturated heterocycles. The third-order valence-corrected chi connectivity index (χ3v) is 9.12. The molecule has 0 aliphatic rings. The van der Waals surface area contributed by atoms with Crippen LogP contribution in [0.1, 0.15) is 26.3 Å². The van der Waals surface area contributed by atoms with Gasteiger partial charge in [-0.15, -0.1) is 0 Å². The van der Waals surface area contributed by atoms with E-state index in [0.29, 0.717) is 0 Å². The Labute approximate surface area is 112 Å². The van der Waals surface area contributed by atoms with Gasteiger partial charge in [-0.2, -0.15) is 0 Å². The van der Waals surface area contributed by atoms with Crippen LogP contribution in [0, 0.1) is 0 Å². The van der Waals surface area contributed by atoms with Crippen molar-refractivity contribution >= 4 is 29.9 Å². The fourth-order valence-corrected chi connectivity index (χ4v) is 6.96. The van der Waals surface area contributed by atoms with Crippen molar-refractivity contribution in [2.75, 3.05) is 0 Å². The second kappa shape index (κ2) is 5.41. The Morgan fingerprint density at radius 1 is 1.06 bits per heavy atom. The first-order valence-corrected chi connectivity index (χ1v) is 16.6. The first-order valence-electron chi connectivity index (χ1n) is 5.81. The van der Waals surface area contributed by atoms with E-state index in [9.17, 15) is 4.21 Å². The molecule has 96 valence electrons. The first kappa shape index (κ1) is 15.2. The molecule has 0 amide bonds. The van der Waals surface area contributed by atoms with Crippen LogP contribution in [0.25, 0.3) is 0 Å². The molecule has 0 spiro atoms. The number of hydrogen-bond acceptors (Lipinski definition) is 2. The number of rotatable bonds is 3. The normalized spacial score (nSPS) is 14.7. The quantitative estimate of drug-likeness (QED) is 0.765. The Kier molecular flexibility index (Phi) is 4.83. The molecule has 0 aromatic heterocycles. The summed E-state index contributed by atoms with van der Waals surface area (Å²) in [6, 6.07) is 7.89. The van der Waals surface area contributed by atoms with Crippen molar-refractivity contribution in [1.82, 2.24) is 0 Å². The fraction of sp³-hybridized carbons (Fsp3) is 0.538. The number of hydrogen-bond donors (Lipinski definition) is 0. The molecule has 0 heterocycles. The van der Waals surface area contributed by atoms with Crippen molar-refractivity contribution in [2.24, 2.45) is 0 Å². The average molecular weight is 361 g/mol. The van der Waals surface area contributed by atoms with E-state index >= 15 is 0 Å². The van der Waals surface area contributed by atoms with Crippen LogP contribution in [0.4, 0.5) is 0 Å². The Bertz CT molecular complexity index is 399. The van der Waals surface area contributed by atoms with Gasteiger partial charge in [0.1, 0.15) is 0 Å². The van der Waals surface area contributed by atoms with Gasteiger partial charge in [0.25, 0.3) is 0 Å². The monoisotopic (exact) mass is 362 g/mol. The van der Waals surface area contributed by atoms with Crippen molar-refractivity contribution in [3.05, 3.63) is 29.8 Å². The third kappa shape index (κ3) is 5.10. The van der Waals surface area contributed by atoms with Crippen molar-refractivity contribution < 1.29 is 6.73 Å². The van der Waals surface area contributed by atoms with Gasteiger partial charge in [0.05, 0.1) is 0 Å². The summed E-state index contributed by atoms with van der Waals surface area (Å²) in [5.41, 5.74) is 1.38. The predicted molar refractivity (Wildman–Crippen MR) is 76.0 cm³/mol. The van der Waals surface area contributed by atoms with E-state index < -0.39 is 29.9 Å². The van der Waals surface area contributed by atoms with Gasteiger partial charge >= 0.3 is 112 Å². The molecular weight excluding hydrogens is 339 g/mol. The Morgan fingerprint density at radius 3 is 1.88 bits per heavy atom. The van der Waals surface area contributed by atoms with E-state index in [1.54, 1.807) is 0 Å². The van der Waals surface area contributed by atoms with Crippen molar-refractivity contribution in [2.45, 2.75) is 45.9 Å². The van der Waals surface area contributed by atoms with E-state index in [4.69, 9.17) is 2.52 Å². The summed E-state index contributed by atoms with van der Waals surface area (Å²) in [6.07, 6.45) is 0. The molecule has 2 nitrogen and oxygen atoms in total. The maximum atomic E-state index is 12.0. The molecular formula is C13H22O2SSn. The standard InChI is InChI=1S/C10H14O2S.3CH3.Sn/c1-10(2,3)8-4-6-9(7-5-8)13(11)12;;;;/h4-7H,1-3H3,(H,11,12);3*1H3;/q;;;;+1/p-1.